The van der Waals surface area contributed by atoms with Crippen LogP contribution in [0.5, 0.6) is 5.75 Å². The summed E-state index contributed by atoms with van der Waals surface area (Å²) in [4.78, 5) is 13.1. The van der Waals surface area contributed by atoms with Gasteiger partial charge in [-0.1, -0.05) is 30.3 Å². The van der Waals surface area contributed by atoms with E-state index in [1.165, 1.54) is 0 Å². The third kappa shape index (κ3) is 4.41. The predicted molar refractivity (Wildman–Crippen MR) is 125 cm³/mol. The molecule has 2 saturated heterocycles. The van der Waals surface area contributed by atoms with E-state index in [2.05, 4.69) is 33.1 Å². The maximum atomic E-state index is 10.7. The average molecular weight is 435 g/mol. The summed E-state index contributed by atoms with van der Waals surface area (Å²) in [6, 6.07) is 12.2. The van der Waals surface area contributed by atoms with Crippen LogP contribution in [0.3, 0.4) is 0 Å². The molecule has 1 aromatic heterocycles. The van der Waals surface area contributed by atoms with Crippen molar-refractivity contribution in [3.8, 4) is 16.9 Å². The zero-order valence-corrected chi connectivity index (χ0v) is 18.6. The lowest BCUT2D eigenvalue weighted by atomic mass is 9.99. The molecule has 2 bridgehead atoms. The molecular formula is C25H30N4O3. The second-order valence-electron chi connectivity index (χ2n) is 8.97. The number of β-amino-alcohol motifs (C(OH)–C–C–N with tert-alkyl or cyclic N) is 1. The molecule has 2 aliphatic rings. The van der Waals surface area contributed by atoms with Crippen LogP contribution in [0.2, 0.25) is 0 Å². The van der Waals surface area contributed by atoms with Crippen molar-refractivity contribution in [3.05, 3.63) is 48.8 Å². The Bertz CT molecular complexity index is 1060. The van der Waals surface area contributed by atoms with Gasteiger partial charge in [0, 0.05) is 57.3 Å². The van der Waals surface area contributed by atoms with Crippen LogP contribution in [-0.2, 0) is 4.74 Å². The highest BCUT2D eigenvalue weighted by atomic mass is 16.5. The Kier molecular flexibility index (Phi) is 5.95. The van der Waals surface area contributed by atoms with Crippen LogP contribution in [0.15, 0.2) is 48.8 Å². The predicted octanol–water partition coefficient (Wildman–Crippen LogP) is 2.97. The summed E-state index contributed by atoms with van der Waals surface area (Å²) in [7, 11) is 3.84. The molecule has 0 amide bonds. The summed E-state index contributed by atoms with van der Waals surface area (Å²) >= 11 is 0. The smallest absolute Gasteiger partial charge is 0.224 e. The van der Waals surface area contributed by atoms with Gasteiger partial charge in [-0.3, -0.25) is 4.90 Å². The van der Waals surface area contributed by atoms with Gasteiger partial charge in [-0.05, 0) is 29.7 Å². The number of morpholine rings is 1. The third-order valence-electron chi connectivity index (χ3n) is 6.24. The number of likely N-dealkylation sites (tertiary alicyclic amines) is 1. The second-order valence-corrected chi connectivity index (χ2v) is 8.97. The summed E-state index contributed by atoms with van der Waals surface area (Å²) < 4.78 is 12.1. The standard InChI is InChI=1S/C25H30N4O3/c1-28(2)25-26-11-18(12-27-25)24-22-6-4-3-5-17(22)7-10-23(24)31-16-19(30)13-29-14-20-8-9-21(15-29)32-20/h3-7,10-12,19-21,30H,8-9,13-16H2,1-2H3/t19?,20-,21+. The maximum absolute atomic E-state index is 10.7. The molecule has 0 spiro atoms. The Morgan fingerprint density at radius 3 is 2.53 bits per heavy atom. The molecule has 3 heterocycles. The van der Waals surface area contributed by atoms with Gasteiger partial charge in [-0.2, -0.15) is 0 Å². The molecule has 3 atom stereocenters. The van der Waals surface area contributed by atoms with E-state index in [1.54, 1.807) is 0 Å². The van der Waals surface area contributed by atoms with Gasteiger partial charge in [-0.15, -0.1) is 0 Å². The number of aromatic nitrogens is 2. The van der Waals surface area contributed by atoms with E-state index >= 15 is 0 Å². The monoisotopic (exact) mass is 434 g/mol. The Labute approximate surface area is 188 Å². The lowest BCUT2D eigenvalue weighted by molar-refractivity contribution is -0.0528. The van der Waals surface area contributed by atoms with Crippen LogP contribution in [-0.4, -0.2) is 78.6 Å². The highest BCUT2D eigenvalue weighted by Gasteiger charge is 2.34. The van der Waals surface area contributed by atoms with E-state index in [-0.39, 0.29) is 6.61 Å². The van der Waals surface area contributed by atoms with Gasteiger partial charge < -0.3 is 19.5 Å². The summed E-state index contributed by atoms with van der Waals surface area (Å²) in [6.07, 6.45) is 5.98. The number of fused-ring (bicyclic) bond motifs is 3. The average Bonchev–Trinajstić information content (AvgIpc) is 3.15. The summed E-state index contributed by atoms with van der Waals surface area (Å²) in [5, 5.41) is 12.9. The first-order valence-electron chi connectivity index (χ1n) is 11.3. The molecule has 0 aliphatic carbocycles. The number of aliphatic hydroxyl groups excluding tert-OH is 1. The lowest BCUT2D eigenvalue weighted by Crippen LogP contribution is -2.46. The molecule has 1 N–H and O–H groups in total. The molecule has 0 saturated carbocycles. The fraction of sp³-hybridized carbons (Fsp3) is 0.440. The van der Waals surface area contributed by atoms with E-state index in [1.807, 2.05) is 49.6 Å². The molecule has 7 heteroatoms. The van der Waals surface area contributed by atoms with E-state index in [9.17, 15) is 5.11 Å². The van der Waals surface area contributed by atoms with Crippen molar-refractivity contribution < 1.29 is 14.6 Å². The minimum atomic E-state index is -0.570. The molecule has 2 aliphatic heterocycles. The number of hydrogen-bond donors (Lipinski definition) is 1. The SMILES string of the molecule is CN(C)c1ncc(-c2c(OCC(O)CN3C[C@H]4CC[C@@H](C3)O4)ccc3ccccc23)cn1. The molecular weight excluding hydrogens is 404 g/mol. The fourth-order valence-corrected chi connectivity index (χ4v) is 4.74. The van der Waals surface area contributed by atoms with Crippen molar-refractivity contribution >= 4 is 16.7 Å². The van der Waals surface area contributed by atoms with Crippen LogP contribution in [0.25, 0.3) is 21.9 Å². The Hall–Kier alpha value is -2.74. The van der Waals surface area contributed by atoms with Crippen molar-refractivity contribution in [3.63, 3.8) is 0 Å². The molecule has 32 heavy (non-hydrogen) atoms. The minimum absolute atomic E-state index is 0.231. The minimum Gasteiger partial charge on any atom is -0.490 e. The third-order valence-corrected chi connectivity index (χ3v) is 6.24. The molecule has 1 unspecified atom stereocenters. The fourth-order valence-electron chi connectivity index (χ4n) is 4.74. The van der Waals surface area contributed by atoms with E-state index in [4.69, 9.17) is 9.47 Å². The van der Waals surface area contributed by atoms with Gasteiger partial charge in [-0.25, -0.2) is 9.97 Å². The molecule has 5 rings (SSSR count). The van der Waals surface area contributed by atoms with E-state index < -0.39 is 6.10 Å². The Morgan fingerprint density at radius 2 is 1.81 bits per heavy atom. The zero-order chi connectivity index (χ0) is 22.1. The molecule has 7 nitrogen and oxygen atoms in total. The molecule has 3 aromatic rings. The van der Waals surface area contributed by atoms with Gasteiger partial charge in [0.25, 0.3) is 0 Å². The summed E-state index contributed by atoms with van der Waals surface area (Å²) in [6.45, 7) is 2.61. The molecule has 2 aromatic carbocycles. The largest absolute Gasteiger partial charge is 0.490 e. The van der Waals surface area contributed by atoms with Gasteiger partial charge >= 0.3 is 0 Å². The normalized spacial score (nSPS) is 21.6. The van der Waals surface area contributed by atoms with Crippen LogP contribution < -0.4 is 9.64 Å². The molecule has 168 valence electrons. The van der Waals surface area contributed by atoms with Crippen molar-refractivity contribution in [2.45, 2.75) is 31.2 Å². The second kappa shape index (κ2) is 9.02. The zero-order valence-electron chi connectivity index (χ0n) is 18.6. The van der Waals surface area contributed by atoms with Gasteiger partial charge in [0.15, 0.2) is 0 Å². The molecule has 0 radical (unpaired) electrons. The number of rotatable bonds is 7. The quantitative estimate of drug-likeness (QED) is 0.613. The number of anilines is 1. The van der Waals surface area contributed by atoms with Gasteiger partial charge in [0.05, 0.1) is 12.2 Å². The highest BCUT2D eigenvalue weighted by molar-refractivity contribution is 5.99. The number of benzene rings is 2. The maximum Gasteiger partial charge on any atom is 0.224 e. The Morgan fingerprint density at radius 1 is 1.09 bits per heavy atom. The van der Waals surface area contributed by atoms with Crippen LogP contribution in [0, 0.1) is 0 Å². The van der Waals surface area contributed by atoms with Crippen molar-refractivity contribution in [1.29, 1.82) is 0 Å². The lowest BCUT2D eigenvalue weighted by Gasteiger charge is -2.33. The number of ether oxygens (including phenoxy) is 2. The summed E-state index contributed by atoms with van der Waals surface area (Å²) in [5.41, 5.74) is 1.84. The Balaban J connectivity index is 1.35. The molecule has 2 fully saturated rings. The van der Waals surface area contributed by atoms with Gasteiger partial charge in [0.1, 0.15) is 18.5 Å². The van der Waals surface area contributed by atoms with Crippen molar-refractivity contribution in [2.75, 3.05) is 45.2 Å². The highest BCUT2D eigenvalue weighted by Crippen LogP contribution is 2.37. The topological polar surface area (TPSA) is 71.0 Å². The summed E-state index contributed by atoms with van der Waals surface area (Å²) in [5.74, 6) is 1.39. The van der Waals surface area contributed by atoms with E-state index in [0.717, 1.165) is 53.6 Å². The first-order chi connectivity index (χ1) is 15.6. The van der Waals surface area contributed by atoms with Crippen molar-refractivity contribution in [2.24, 2.45) is 0 Å². The number of nitrogens with zero attached hydrogens (tertiary/aromatic N) is 4. The van der Waals surface area contributed by atoms with Crippen LogP contribution >= 0.6 is 0 Å². The van der Waals surface area contributed by atoms with Gasteiger partial charge in [0.2, 0.25) is 5.95 Å². The first-order valence-corrected chi connectivity index (χ1v) is 11.3. The first kappa shape index (κ1) is 21.1. The van der Waals surface area contributed by atoms with E-state index in [0.29, 0.717) is 24.7 Å². The number of hydrogen-bond acceptors (Lipinski definition) is 7. The van der Waals surface area contributed by atoms with Crippen molar-refractivity contribution in [1.82, 2.24) is 14.9 Å². The number of aliphatic hydroxyl groups is 1. The van der Waals surface area contributed by atoms with Crippen LogP contribution in [0.1, 0.15) is 12.8 Å². The van der Waals surface area contributed by atoms with Crippen LogP contribution in [0.4, 0.5) is 5.95 Å².